The van der Waals surface area contributed by atoms with Crippen molar-refractivity contribution in [3.63, 3.8) is 0 Å². The molecule has 0 radical (unpaired) electrons. The molecular formula is C14H13ClN6. The van der Waals surface area contributed by atoms with Gasteiger partial charge >= 0.3 is 0 Å². The minimum Gasteiger partial charge on any atom is -0.341 e. The Morgan fingerprint density at radius 2 is 1.81 bits per heavy atom. The molecule has 2 aromatic rings. The van der Waals surface area contributed by atoms with Crippen LogP contribution in [0.15, 0.2) is 24.3 Å². The van der Waals surface area contributed by atoms with E-state index in [9.17, 15) is 0 Å². The van der Waals surface area contributed by atoms with Gasteiger partial charge < -0.3 is 10.2 Å². The summed E-state index contributed by atoms with van der Waals surface area (Å²) < 4.78 is 0. The van der Waals surface area contributed by atoms with E-state index < -0.39 is 0 Å². The Morgan fingerprint density at radius 3 is 2.48 bits per heavy atom. The Labute approximate surface area is 127 Å². The minimum absolute atomic E-state index is 0.169. The lowest BCUT2D eigenvalue weighted by atomic mass is 10.2. The third-order valence-corrected chi connectivity index (χ3v) is 3.42. The molecule has 0 saturated carbocycles. The van der Waals surface area contributed by atoms with Crippen LogP contribution < -0.4 is 10.2 Å². The number of anilines is 3. The zero-order valence-corrected chi connectivity index (χ0v) is 12.0. The van der Waals surface area contributed by atoms with Crippen LogP contribution in [0.4, 0.5) is 17.6 Å². The second-order valence-electron chi connectivity index (χ2n) is 4.74. The fourth-order valence-electron chi connectivity index (χ4n) is 2.21. The van der Waals surface area contributed by atoms with Crippen LogP contribution in [0.25, 0.3) is 0 Å². The van der Waals surface area contributed by atoms with Crippen molar-refractivity contribution >= 4 is 29.2 Å². The summed E-state index contributed by atoms with van der Waals surface area (Å²) in [6.45, 7) is 1.88. The van der Waals surface area contributed by atoms with E-state index in [0.29, 0.717) is 17.5 Å². The molecule has 1 aromatic heterocycles. The van der Waals surface area contributed by atoms with Crippen LogP contribution in [0.5, 0.6) is 0 Å². The lowest BCUT2D eigenvalue weighted by Gasteiger charge is -2.15. The molecule has 1 N–H and O–H groups in total. The van der Waals surface area contributed by atoms with Crippen molar-refractivity contribution in [2.75, 3.05) is 23.3 Å². The molecule has 21 heavy (non-hydrogen) atoms. The van der Waals surface area contributed by atoms with Crippen LogP contribution in [-0.2, 0) is 0 Å². The van der Waals surface area contributed by atoms with Crippen molar-refractivity contribution in [2.45, 2.75) is 12.8 Å². The van der Waals surface area contributed by atoms with E-state index in [0.717, 1.165) is 31.6 Å². The SMILES string of the molecule is N#Cc1ccc(Nc2nc(Cl)nc(N3CCCC3)n2)cc1. The molecule has 1 aliphatic rings. The first-order valence-corrected chi connectivity index (χ1v) is 7.06. The standard InChI is InChI=1S/C14H13ClN6/c15-12-18-13(17-11-5-3-10(9-16)4-6-11)20-14(19-12)21-7-1-2-8-21/h3-6H,1-2,7-8H2,(H,17,18,19,20). The zero-order chi connectivity index (χ0) is 14.7. The number of nitriles is 1. The summed E-state index contributed by atoms with van der Waals surface area (Å²) in [7, 11) is 0. The number of nitrogens with zero attached hydrogens (tertiary/aromatic N) is 5. The monoisotopic (exact) mass is 300 g/mol. The highest BCUT2D eigenvalue weighted by atomic mass is 35.5. The average molecular weight is 301 g/mol. The van der Waals surface area contributed by atoms with E-state index in [4.69, 9.17) is 16.9 Å². The molecule has 0 amide bonds. The summed E-state index contributed by atoms with van der Waals surface area (Å²) >= 11 is 5.97. The smallest absolute Gasteiger partial charge is 0.233 e. The highest BCUT2D eigenvalue weighted by Crippen LogP contribution is 2.20. The second-order valence-corrected chi connectivity index (χ2v) is 5.07. The number of hydrogen-bond acceptors (Lipinski definition) is 6. The number of benzene rings is 1. The molecule has 0 spiro atoms. The van der Waals surface area contributed by atoms with Gasteiger partial charge in [-0.3, -0.25) is 0 Å². The molecule has 7 heteroatoms. The van der Waals surface area contributed by atoms with Gasteiger partial charge in [0, 0.05) is 18.8 Å². The van der Waals surface area contributed by atoms with Gasteiger partial charge in [-0.05, 0) is 48.7 Å². The van der Waals surface area contributed by atoms with E-state index in [1.165, 1.54) is 0 Å². The van der Waals surface area contributed by atoms with Crippen LogP contribution in [0.2, 0.25) is 5.28 Å². The topological polar surface area (TPSA) is 77.7 Å². The maximum Gasteiger partial charge on any atom is 0.233 e. The van der Waals surface area contributed by atoms with Gasteiger partial charge in [0.2, 0.25) is 17.2 Å². The van der Waals surface area contributed by atoms with Gasteiger partial charge in [0.05, 0.1) is 11.6 Å². The zero-order valence-electron chi connectivity index (χ0n) is 11.3. The lowest BCUT2D eigenvalue weighted by Crippen LogP contribution is -2.21. The summed E-state index contributed by atoms with van der Waals surface area (Å²) in [5, 5.41) is 12.0. The highest BCUT2D eigenvalue weighted by Gasteiger charge is 2.17. The Kier molecular flexibility index (Phi) is 3.84. The Balaban J connectivity index is 1.82. The van der Waals surface area contributed by atoms with Gasteiger partial charge in [-0.15, -0.1) is 0 Å². The van der Waals surface area contributed by atoms with E-state index in [-0.39, 0.29) is 5.28 Å². The molecule has 0 bridgehead atoms. The quantitative estimate of drug-likeness (QED) is 0.939. The van der Waals surface area contributed by atoms with Gasteiger partial charge in [0.1, 0.15) is 0 Å². The van der Waals surface area contributed by atoms with Crippen molar-refractivity contribution in [1.29, 1.82) is 5.26 Å². The summed E-state index contributed by atoms with van der Waals surface area (Å²) in [6.07, 6.45) is 2.28. The molecule has 0 unspecified atom stereocenters. The number of rotatable bonds is 3. The number of hydrogen-bond donors (Lipinski definition) is 1. The summed E-state index contributed by atoms with van der Waals surface area (Å²) in [6, 6.07) is 9.13. The molecule has 1 aliphatic heterocycles. The predicted molar refractivity (Wildman–Crippen MR) is 80.7 cm³/mol. The molecule has 1 aromatic carbocycles. The first-order chi connectivity index (χ1) is 10.2. The van der Waals surface area contributed by atoms with E-state index in [2.05, 4.69) is 31.2 Å². The Morgan fingerprint density at radius 1 is 1.10 bits per heavy atom. The molecule has 0 atom stereocenters. The third-order valence-electron chi connectivity index (χ3n) is 3.26. The molecule has 6 nitrogen and oxygen atoms in total. The minimum atomic E-state index is 0.169. The number of nitrogens with one attached hydrogen (secondary N) is 1. The van der Waals surface area contributed by atoms with Gasteiger partial charge in [0.25, 0.3) is 0 Å². The Bertz CT molecular complexity index is 673. The van der Waals surface area contributed by atoms with E-state index in [1.54, 1.807) is 24.3 Å². The van der Waals surface area contributed by atoms with Crippen molar-refractivity contribution in [1.82, 2.24) is 15.0 Å². The van der Waals surface area contributed by atoms with Gasteiger partial charge in [-0.25, -0.2) is 0 Å². The van der Waals surface area contributed by atoms with Crippen LogP contribution in [0, 0.1) is 11.3 Å². The molecular weight excluding hydrogens is 288 g/mol. The molecule has 1 saturated heterocycles. The maximum absolute atomic E-state index is 8.79. The maximum atomic E-state index is 8.79. The van der Waals surface area contributed by atoms with Gasteiger partial charge in [0.15, 0.2) is 0 Å². The van der Waals surface area contributed by atoms with Crippen molar-refractivity contribution in [3.05, 3.63) is 35.1 Å². The van der Waals surface area contributed by atoms with Crippen LogP contribution in [0.1, 0.15) is 18.4 Å². The van der Waals surface area contributed by atoms with E-state index in [1.807, 2.05) is 0 Å². The largest absolute Gasteiger partial charge is 0.341 e. The Hall–Kier alpha value is -2.39. The molecule has 106 valence electrons. The first-order valence-electron chi connectivity index (χ1n) is 6.68. The van der Waals surface area contributed by atoms with E-state index >= 15 is 0 Å². The van der Waals surface area contributed by atoms with Crippen molar-refractivity contribution < 1.29 is 0 Å². The van der Waals surface area contributed by atoms with Crippen molar-refractivity contribution in [3.8, 4) is 6.07 Å². The third kappa shape index (κ3) is 3.20. The van der Waals surface area contributed by atoms with Gasteiger partial charge in [-0.1, -0.05) is 0 Å². The van der Waals surface area contributed by atoms with Crippen LogP contribution in [-0.4, -0.2) is 28.0 Å². The molecule has 0 aliphatic carbocycles. The average Bonchev–Trinajstić information content (AvgIpc) is 3.02. The summed E-state index contributed by atoms with van der Waals surface area (Å²) in [5.41, 5.74) is 1.40. The second kappa shape index (κ2) is 5.94. The fraction of sp³-hybridized carbons (Fsp3) is 0.286. The van der Waals surface area contributed by atoms with Crippen LogP contribution in [0.3, 0.4) is 0 Å². The summed E-state index contributed by atoms with van der Waals surface area (Å²) in [4.78, 5) is 14.7. The fourth-order valence-corrected chi connectivity index (χ4v) is 2.37. The summed E-state index contributed by atoms with van der Waals surface area (Å²) in [5.74, 6) is 1.00. The predicted octanol–water partition coefficient (Wildman–Crippen LogP) is 2.74. The van der Waals surface area contributed by atoms with Gasteiger partial charge in [-0.2, -0.15) is 20.2 Å². The highest BCUT2D eigenvalue weighted by molar-refractivity contribution is 6.28. The van der Waals surface area contributed by atoms with Crippen LogP contribution >= 0.6 is 11.6 Å². The molecule has 1 fully saturated rings. The first kappa shape index (κ1) is 13.6. The normalized spacial score (nSPS) is 14.0. The number of halogens is 1. The molecule has 2 heterocycles. The molecule has 3 rings (SSSR count). The lowest BCUT2D eigenvalue weighted by molar-refractivity contribution is 0.883. The number of aromatic nitrogens is 3. The van der Waals surface area contributed by atoms with Crippen molar-refractivity contribution in [2.24, 2.45) is 0 Å².